The zero-order valence-corrected chi connectivity index (χ0v) is 21.2. The molecular weight excluding hydrogens is 559 g/mol. The van der Waals surface area contributed by atoms with E-state index in [0.717, 1.165) is 12.1 Å². The Morgan fingerprint density at radius 3 is 2.46 bits per heavy atom. The molecule has 0 aliphatic heterocycles. The molecule has 0 saturated heterocycles. The number of aliphatic hydroxyl groups is 1. The van der Waals surface area contributed by atoms with Crippen LogP contribution in [0.5, 0.6) is 5.75 Å². The number of benzene rings is 3. The molecule has 0 fully saturated rings. The maximum atomic E-state index is 14.9. The number of aromatic amines is 1. The van der Waals surface area contributed by atoms with Crippen LogP contribution in [-0.2, 0) is 9.84 Å². The summed E-state index contributed by atoms with van der Waals surface area (Å²) in [6.07, 6.45) is -4.96. The minimum atomic E-state index is -4.96. The summed E-state index contributed by atoms with van der Waals surface area (Å²) in [6.45, 7) is 0.833. The molecule has 6 nitrogen and oxygen atoms in total. The first-order chi connectivity index (χ1) is 17.4. The highest BCUT2D eigenvalue weighted by Crippen LogP contribution is 2.44. The molecule has 196 valence electrons. The molecule has 3 aromatic carbocycles. The Balaban J connectivity index is 1.82. The Labute approximate surface area is 218 Å². The third-order valence-electron chi connectivity index (χ3n) is 5.67. The molecule has 1 aromatic heterocycles. The predicted molar refractivity (Wildman–Crippen MR) is 131 cm³/mol. The number of nitrogens with zero attached hydrogens (tertiary/aromatic N) is 1. The molecule has 0 radical (unpaired) electrons. The molecule has 4 rings (SSSR count). The highest BCUT2D eigenvalue weighted by molar-refractivity contribution is 7.91. The molecule has 0 amide bonds. The lowest BCUT2D eigenvalue weighted by Gasteiger charge is -2.15. The van der Waals surface area contributed by atoms with Gasteiger partial charge in [0, 0.05) is 16.7 Å². The van der Waals surface area contributed by atoms with E-state index in [1.807, 2.05) is 0 Å². The van der Waals surface area contributed by atoms with Crippen molar-refractivity contribution >= 4 is 44.1 Å². The average molecular weight is 577 g/mol. The smallest absolute Gasteiger partial charge is 0.405 e. The Morgan fingerprint density at radius 1 is 1.14 bits per heavy atom. The van der Waals surface area contributed by atoms with Crippen molar-refractivity contribution in [3.8, 4) is 16.9 Å². The molecule has 4 aromatic rings. The predicted octanol–water partition coefficient (Wildman–Crippen LogP) is 6.49. The van der Waals surface area contributed by atoms with Crippen LogP contribution < -0.4 is 4.74 Å². The van der Waals surface area contributed by atoms with E-state index in [1.54, 1.807) is 0 Å². The second-order valence-corrected chi connectivity index (χ2v) is 11.0. The van der Waals surface area contributed by atoms with Gasteiger partial charge in [-0.2, -0.15) is 0 Å². The summed E-state index contributed by atoms with van der Waals surface area (Å²) in [7, 11) is -3.65. The van der Waals surface area contributed by atoms with Crippen LogP contribution in [0.1, 0.15) is 24.2 Å². The van der Waals surface area contributed by atoms with Crippen LogP contribution in [0.25, 0.3) is 22.2 Å². The lowest BCUT2D eigenvalue weighted by Crippen LogP contribution is -2.17. The number of ether oxygens (including phenoxy) is 1. The molecule has 0 spiro atoms. The summed E-state index contributed by atoms with van der Waals surface area (Å²) in [5, 5.41) is 9.93. The van der Waals surface area contributed by atoms with Crippen molar-refractivity contribution in [3.63, 3.8) is 0 Å². The molecule has 37 heavy (non-hydrogen) atoms. The van der Waals surface area contributed by atoms with E-state index in [4.69, 9.17) is 23.2 Å². The van der Waals surface area contributed by atoms with Gasteiger partial charge in [0.2, 0.25) is 0 Å². The zero-order valence-electron chi connectivity index (χ0n) is 18.9. The van der Waals surface area contributed by atoms with Crippen LogP contribution in [0.3, 0.4) is 0 Å². The van der Waals surface area contributed by atoms with Crippen molar-refractivity contribution in [2.75, 3.05) is 12.4 Å². The van der Waals surface area contributed by atoms with Gasteiger partial charge in [0.1, 0.15) is 22.9 Å². The molecule has 1 heterocycles. The number of hydrogen-bond acceptors (Lipinski definition) is 5. The minimum absolute atomic E-state index is 0.00761. The number of fused-ring (bicyclic) bond motifs is 1. The fourth-order valence-corrected chi connectivity index (χ4v) is 5.47. The third-order valence-corrected chi connectivity index (χ3v) is 8.07. The Morgan fingerprint density at radius 2 is 1.84 bits per heavy atom. The van der Waals surface area contributed by atoms with Crippen molar-refractivity contribution in [2.24, 2.45) is 0 Å². The van der Waals surface area contributed by atoms with Crippen molar-refractivity contribution in [1.29, 1.82) is 0 Å². The van der Waals surface area contributed by atoms with E-state index < -0.39 is 40.3 Å². The van der Waals surface area contributed by atoms with Crippen LogP contribution in [0.15, 0.2) is 53.4 Å². The fraction of sp³-hybridized carbons (Fsp3) is 0.208. The van der Waals surface area contributed by atoms with Crippen LogP contribution in [0, 0.1) is 5.82 Å². The third kappa shape index (κ3) is 5.40. The largest absolute Gasteiger partial charge is 0.573 e. The monoisotopic (exact) mass is 576 g/mol. The maximum absolute atomic E-state index is 14.9. The van der Waals surface area contributed by atoms with E-state index >= 15 is 0 Å². The highest BCUT2D eigenvalue weighted by atomic mass is 35.5. The van der Waals surface area contributed by atoms with E-state index in [1.165, 1.54) is 43.3 Å². The Bertz CT molecular complexity index is 1590. The van der Waals surface area contributed by atoms with E-state index in [2.05, 4.69) is 14.7 Å². The summed E-state index contributed by atoms with van der Waals surface area (Å²) >= 11 is 12.9. The second-order valence-electron chi connectivity index (χ2n) is 7.93. The van der Waals surface area contributed by atoms with Crippen LogP contribution in [0.2, 0.25) is 10.0 Å². The van der Waals surface area contributed by atoms with Crippen LogP contribution >= 0.6 is 23.2 Å². The first-order valence-corrected chi connectivity index (χ1v) is 13.1. The van der Waals surface area contributed by atoms with Crippen LogP contribution in [0.4, 0.5) is 17.6 Å². The van der Waals surface area contributed by atoms with Gasteiger partial charge >= 0.3 is 6.36 Å². The van der Waals surface area contributed by atoms with Crippen molar-refractivity contribution in [3.05, 3.63) is 75.8 Å². The fourth-order valence-electron chi connectivity index (χ4n) is 3.88. The minimum Gasteiger partial charge on any atom is -0.405 e. The number of rotatable bonds is 7. The first-order valence-electron chi connectivity index (χ1n) is 10.7. The number of aromatic nitrogens is 2. The van der Waals surface area contributed by atoms with Gasteiger partial charge in [0.15, 0.2) is 9.84 Å². The summed E-state index contributed by atoms with van der Waals surface area (Å²) in [4.78, 5) is 7.07. The number of alkyl halides is 3. The van der Waals surface area contributed by atoms with Gasteiger partial charge < -0.3 is 14.8 Å². The molecular formula is C24H18Cl2F4N2O4S. The molecule has 0 saturated carbocycles. The van der Waals surface area contributed by atoms with Crippen molar-refractivity contribution in [1.82, 2.24) is 9.97 Å². The molecule has 0 aliphatic rings. The lowest BCUT2D eigenvalue weighted by atomic mass is 9.99. The number of nitrogens with one attached hydrogen (secondary N) is 1. The number of aliphatic hydroxyl groups excluding tert-OH is 1. The Hall–Kier alpha value is -2.86. The van der Waals surface area contributed by atoms with E-state index in [-0.39, 0.29) is 54.2 Å². The van der Waals surface area contributed by atoms with Crippen LogP contribution in [-0.4, -0.2) is 42.2 Å². The van der Waals surface area contributed by atoms with Crippen molar-refractivity contribution in [2.45, 2.75) is 24.1 Å². The number of sulfone groups is 1. The summed E-state index contributed by atoms with van der Waals surface area (Å²) in [5.41, 5.74) is 0.380. The quantitative estimate of drug-likeness (QED) is 0.245. The van der Waals surface area contributed by atoms with Gasteiger partial charge in [0.05, 0.1) is 38.7 Å². The van der Waals surface area contributed by atoms with Gasteiger partial charge in [-0.15, -0.1) is 13.2 Å². The number of imidazole rings is 1. The van der Waals surface area contributed by atoms with Gasteiger partial charge in [-0.3, -0.25) is 0 Å². The molecule has 1 unspecified atom stereocenters. The highest BCUT2D eigenvalue weighted by Gasteiger charge is 2.33. The SMILES string of the molecule is CCS(=O)(=O)c1ccc(C(CO)c2nc3c(Cl)c(-c4ccccc4OC(F)(F)F)c(Cl)cc3[nH]2)c(F)c1. The summed E-state index contributed by atoms with van der Waals surface area (Å²) in [6, 6.07) is 10.1. The molecule has 1 atom stereocenters. The number of hydrogen-bond donors (Lipinski definition) is 2. The number of halogens is 6. The van der Waals surface area contributed by atoms with Gasteiger partial charge in [0.25, 0.3) is 0 Å². The molecule has 13 heteroatoms. The summed E-state index contributed by atoms with van der Waals surface area (Å²) in [5.74, 6) is -2.55. The normalized spacial score (nSPS) is 13.2. The maximum Gasteiger partial charge on any atom is 0.573 e. The van der Waals surface area contributed by atoms with Gasteiger partial charge in [-0.25, -0.2) is 17.8 Å². The standard InChI is InChI=1S/C24H18Cl2F4N2O4S/c1-2-37(34,35)12-7-8-13(17(27)9-12)15(11-33)23-31-18-10-16(25)20(21(26)22(18)32-23)14-5-3-4-6-19(14)36-24(28,29)30/h3-10,15,33H,2,11H2,1H3,(H,31,32). The lowest BCUT2D eigenvalue weighted by molar-refractivity contribution is -0.274. The number of H-pyrrole nitrogens is 1. The average Bonchev–Trinajstić information content (AvgIpc) is 3.24. The topological polar surface area (TPSA) is 92.3 Å². The zero-order chi connectivity index (χ0) is 27.1. The number of para-hydroxylation sites is 1. The molecule has 2 N–H and O–H groups in total. The first kappa shape index (κ1) is 27.2. The van der Waals surface area contributed by atoms with Crippen molar-refractivity contribution < 1.29 is 35.8 Å². The van der Waals surface area contributed by atoms with E-state index in [9.17, 15) is 31.1 Å². The Kier molecular flexibility index (Phi) is 7.44. The second kappa shape index (κ2) is 10.1. The molecule has 0 bridgehead atoms. The van der Waals surface area contributed by atoms with Gasteiger partial charge in [-0.1, -0.05) is 54.4 Å². The summed E-state index contributed by atoms with van der Waals surface area (Å²) < 4.78 is 82.0. The van der Waals surface area contributed by atoms with Gasteiger partial charge in [-0.05, 0) is 24.3 Å². The molecule has 0 aliphatic carbocycles. The van der Waals surface area contributed by atoms with E-state index in [0.29, 0.717) is 0 Å².